The fourth-order valence-electron chi connectivity index (χ4n) is 1.41. The highest BCUT2D eigenvalue weighted by Gasteiger charge is 2.06. The number of hydrogen-bond donors (Lipinski definition) is 2. The number of aryl methyl sites for hydroxylation is 2. The SMILES string of the molecule is Cc1ccc(C)c(NC(=O)Nc2nccs2)c1. The average Bonchev–Trinajstić information content (AvgIpc) is 2.76. The molecule has 0 atom stereocenters. The minimum absolute atomic E-state index is 0.270. The average molecular weight is 247 g/mol. The summed E-state index contributed by atoms with van der Waals surface area (Å²) in [5.74, 6) is 0. The van der Waals surface area contributed by atoms with Crippen LogP contribution in [0.25, 0.3) is 0 Å². The molecule has 1 heterocycles. The lowest BCUT2D eigenvalue weighted by molar-refractivity contribution is 0.262. The van der Waals surface area contributed by atoms with Gasteiger partial charge in [-0.05, 0) is 31.0 Å². The summed E-state index contributed by atoms with van der Waals surface area (Å²) < 4.78 is 0. The third kappa shape index (κ3) is 3.04. The van der Waals surface area contributed by atoms with Crippen LogP contribution in [0.4, 0.5) is 15.6 Å². The smallest absolute Gasteiger partial charge is 0.307 e. The van der Waals surface area contributed by atoms with E-state index in [0.717, 1.165) is 16.8 Å². The maximum Gasteiger partial charge on any atom is 0.325 e. The second kappa shape index (κ2) is 4.97. The van der Waals surface area contributed by atoms with Crippen LogP contribution in [0.15, 0.2) is 29.8 Å². The van der Waals surface area contributed by atoms with Crippen LogP contribution in [0.2, 0.25) is 0 Å². The molecule has 0 bridgehead atoms. The number of carbonyl (C=O) groups excluding carboxylic acids is 1. The van der Waals surface area contributed by atoms with Gasteiger partial charge in [0.1, 0.15) is 0 Å². The maximum atomic E-state index is 11.7. The summed E-state index contributed by atoms with van der Waals surface area (Å²) in [5, 5.41) is 7.88. The molecule has 2 aromatic rings. The van der Waals surface area contributed by atoms with Crippen LogP contribution >= 0.6 is 11.3 Å². The van der Waals surface area contributed by atoms with E-state index in [2.05, 4.69) is 15.6 Å². The van der Waals surface area contributed by atoms with Gasteiger partial charge < -0.3 is 5.32 Å². The van der Waals surface area contributed by atoms with E-state index in [1.165, 1.54) is 11.3 Å². The Bertz CT molecular complexity index is 523. The fraction of sp³-hybridized carbons (Fsp3) is 0.167. The highest BCUT2D eigenvalue weighted by Crippen LogP contribution is 2.17. The molecule has 88 valence electrons. The number of rotatable bonds is 2. The van der Waals surface area contributed by atoms with Crippen molar-refractivity contribution in [1.29, 1.82) is 0 Å². The molecule has 2 amide bonds. The first kappa shape index (κ1) is 11.6. The Morgan fingerprint density at radius 3 is 2.82 bits per heavy atom. The Morgan fingerprint density at radius 2 is 2.12 bits per heavy atom. The Kier molecular flexibility index (Phi) is 3.39. The second-order valence-electron chi connectivity index (χ2n) is 3.73. The van der Waals surface area contributed by atoms with E-state index in [1.54, 1.807) is 6.20 Å². The molecule has 2 N–H and O–H groups in total. The van der Waals surface area contributed by atoms with Crippen LogP contribution in [0.5, 0.6) is 0 Å². The molecule has 5 heteroatoms. The van der Waals surface area contributed by atoms with E-state index < -0.39 is 0 Å². The van der Waals surface area contributed by atoms with Crippen LogP contribution in [0, 0.1) is 13.8 Å². The van der Waals surface area contributed by atoms with Gasteiger partial charge in [-0.15, -0.1) is 11.3 Å². The molecule has 4 nitrogen and oxygen atoms in total. The quantitative estimate of drug-likeness (QED) is 0.854. The van der Waals surface area contributed by atoms with Gasteiger partial charge in [-0.2, -0.15) is 0 Å². The molecule has 0 fully saturated rings. The van der Waals surface area contributed by atoms with Crippen LogP contribution in [0.3, 0.4) is 0 Å². The minimum atomic E-state index is -0.270. The Hall–Kier alpha value is -1.88. The molecule has 0 aliphatic heterocycles. The largest absolute Gasteiger partial charge is 0.325 e. The minimum Gasteiger partial charge on any atom is -0.307 e. The number of benzene rings is 1. The van der Waals surface area contributed by atoms with Crippen molar-refractivity contribution in [1.82, 2.24) is 4.98 Å². The molecule has 17 heavy (non-hydrogen) atoms. The number of thiazole rings is 1. The van der Waals surface area contributed by atoms with Gasteiger partial charge in [0.05, 0.1) is 0 Å². The molecule has 1 aromatic heterocycles. The zero-order chi connectivity index (χ0) is 12.3. The Balaban J connectivity index is 2.05. The first-order valence-electron chi connectivity index (χ1n) is 5.20. The molecule has 0 aliphatic rings. The van der Waals surface area contributed by atoms with Gasteiger partial charge in [0, 0.05) is 17.3 Å². The monoisotopic (exact) mass is 247 g/mol. The first-order chi connectivity index (χ1) is 8.15. The van der Waals surface area contributed by atoms with Gasteiger partial charge in [-0.3, -0.25) is 5.32 Å². The highest BCUT2D eigenvalue weighted by atomic mass is 32.1. The summed E-state index contributed by atoms with van der Waals surface area (Å²) in [5.41, 5.74) is 2.96. The summed E-state index contributed by atoms with van der Waals surface area (Å²) in [6.45, 7) is 3.95. The van der Waals surface area contributed by atoms with Crippen molar-refractivity contribution < 1.29 is 4.79 Å². The van der Waals surface area contributed by atoms with Crippen molar-refractivity contribution in [2.75, 3.05) is 10.6 Å². The summed E-state index contributed by atoms with van der Waals surface area (Å²) in [6.07, 6.45) is 1.65. The second-order valence-corrected chi connectivity index (χ2v) is 4.63. The summed E-state index contributed by atoms with van der Waals surface area (Å²) in [6, 6.07) is 5.67. The van der Waals surface area contributed by atoms with E-state index in [9.17, 15) is 4.79 Å². The van der Waals surface area contributed by atoms with E-state index >= 15 is 0 Å². The van der Waals surface area contributed by atoms with Gasteiger partial charge >= 0.3 is 6.03 Å². The predicted molar refractivity (Wildman–Crippen MR) is 70.7 cm³/mol. The molecule has 0 radical (unpaired) electrons. The molecule has 0 spiro atoms. The number of urea groups is 1. The van der Waals surface area contributed by atoms with Gasteiger partial charge in [-0.25, -0.2) is 9.78 Å². The number of aromatic nitrogens is 1. The van der Waals surface area contributed by atoms with Gasteiger partial charge in [0.15, 0.2) is 5.13 Å². The molecule has 2 rings (SSSR count). The first-order valence-corrected chi connectivity index (χ1v) is 6.08. The molecule has 1 aromatic carbocycles. The number of carbonyl (C=O) groups is 1. The maximum absolute atomic E-state index is 11.7. The van der Waals surface area contributed by atoms with Crippen molar-refractivity contribution >= 4 is 28.2 Å². The zero-order valence-corrected chi connectivity index (χ0v) is 10.5. The van der Waals surface area contributed by atoms with Crippen molar-refractivity contribution in [3.63, 3.8) is 0 Å². The molecular weight excluding hydrogens is 234 g/mol. The Morgan fingerprint density at radius 1 is 1.29 bits per heavy atom. The number of nitrogens with zero attached hydrogens (tertiary/aromatic N) is 1. The third-order valence-corrected chi connectivity index (χ3v) is 2.98. The summed E-state index contributed by atoms with van der Waals surface area (Å²) >= 11 is 1.39. The van der Waals surface area contributed by atoms with Gasteiger partial charge in [-0.1, -0.05) is 12.1 Å². The van der Waals surface area contributed by atoms with Crippen molar-refractivity contribution in [2.45, 2.75) is 13.8 Å². The number of amides is 2. The standard InChI is InChI=1S/C12H13N3OS/c1-8-3-4-9(2)10(7-8)14-11(16)15-12-13-5-6-17-12/h3-7H,1-2H3,(H2,13,14,15,16). The molecule has 0 aliphatic carbocycles. The van der Waals surface area contributed by atoms with Crippen molar-refractivity contribution in [2.24, 2.45) is 0 Å². The lowest BCUT2D eigenvalue weighted by atomic mass is 10.1. The van der Waals surface area contributed by atoms with Crippen LogP contribution in [-0.4, -0.2) is 11.0 Å². The van der Waals surface area contributed by atoms with Crippen molar-refractivity contribution in [3.8, 4) is 0 Å². The highest BCUT2D eigenvalue weighted by molar-refractivity contribution is 7.13. The van der Waals surface area contributed by atoms with Gasteiger partial charge in [0.2, 0.25) is 0 Å². The predicted octanol–water partition coefficient (Wildman–Crippen LogP) is 3.40. The summed E-state index contributed by atoms with van der Waals surface area (Å²) in [4.78, 5) is 15.7. The van der Waals surface area contributed by atoms with Gasteiger partial charge in [0.25, 0.3) is 0 Å². The third-order valence-electron chi connectivity index (χ3n) is 2.29. The lowest BCUT2D eigenvalue weighted by Crippen LogP contribution is -2.19. The van der Waals surface area contributed by atoms with E-state index in [1.807, 2.05) is 37.4 Å². The Labute approximate surface area is 104 Å². The van der Waals surface area contributed by atoms with E-state index in [-0.39, 0.29) is 6.03 Å². The van der Waals surface area contributed by atoms with Crippen LogP contribution in [0.1, 0.15) is 11.1 Å². The normalized spacial score (nSPS) is 10.0. The lowest BCUT2D eigenvalue weighted by Gasteiger charge is -2.09. The molecule has 0 saturated heterocycles. The number of anilines is 2. The van der Waals surface area contributed by atoms with Crippen LogP contribution < -0.4 is 10.6 Å². The fourth-order valence-corrected chi connectivity index (χ4v) is 1.93. The van der Waals surface area contributed by atoms with E-state index in [4.69, 9.17) is 0 Å². The number of nitrogens with one attached hydrogen (secondary N) is 2. The molecule has 0 saturated carbocycles. The molecule has 0 unspecified atom stereocenters. The zero-order valence-electron chi connectivity index (χ0n) is 9.65. The van der Waals surface area contributed by atoms with E-state index in [0.29, 0.717) is 5.13 Å². The topological polar surface area (TPSA) is 54.0 Å². The molecular formula is C12H13N3OS. The van der Waals surface area contributed by atoms with Crippen LogP contribution in [-0.2, 0) is 0 Å². The summed E-state index contributed by atoms with van der Waals surface area (Å²) in [7, 11) is 0. The number of hydrogen-bond acceptors (Lipinski definition) is 3. The van der Waals surface area contributed by atoms with Crippen molar-refractivity contribution in [3.05, 3.63) is 40.9 Å².